The van der Waals surface area contributed by atoms with E-state index in [1.807, 2.05) is 6.92 Å². The normalized spacial score (nSPS) is 11.5. The number of amides is 1. The van der Waals surface area contributed by atoms with Crippen LogP contribution in [0, 0.1) is 6.92 Å². The number of nitrogens with one attached hydrogen (secondary N) is 1. The summed E-state index contributed by atoms with van der Waals surface area (Å²) >= 11 is 11.7. The molecule has 0 bridgehead atoms. The van der Waals surface area contributed by atoms with E-state index in [9.17, 15) is 13.2 Å². The smallest absolute Gasteiger partial charge is 0.260 e. The molecule has 0 heterocycles. The van der Waals surface area contributed by atoms with Crippen LogP contribution in [0.2, 0.25) is 10.0 Å². The maximum Gasteiger partial charge on any atom is 0.260 e. The van der Waals surface area contributed by atoms with E-state index in [2.05, 4.69) is 10.5 Å². The van der Waals surface area contributed by atoms with Crippen molar-refractivity contribution in [3.8, 4) is 0 Å². The van der Waals surface area contributed by atoms with Gasteiger partial charge in [-0.1, -0.05) is 47.0 Å². The van der Waals surface area contributed by atoms with E-state index in [1.54, 1.807) is 42.5 Å². The van der Waals surface area contributed by atoms with Gasteiger partial charge >= 0.3 is 0 Å². The van der Waals surface area contributed by atoms with Crippen LogP contribution in [0.3, 0.4) is 0 Å². The SMILES string of the molecule is Cc1ccc(N(CC(=O)N/N=C/c2ccc(Cl)c(Cl)c2)S(C)(=O)=O)cc1. The number of sulfonamides is 1. The third-order valence-electron chi connectivity index (χ3n) is 3.36. The van der Waals surface area contributed by atoms with Crippen molar-refractivity contribution < 1.29 is 13.2 Å². The summed E-state index contributed by atoms with van der Waals surface area (Å²) in [6.45, 7) is 1.50. The maximum atomic E-state index is 12.1. The molecule has 0 aliphatic carbocycles. The number of carbonyl (C=O) groups excluding carboxylic acids is 1. The molecule has 0 fully saturated rings. The summed E-state index contributed by atoms with van der Waals surface area (Å²) in [5.41, 5.74) is 4.32. The fourth-order valence-electron chi connectivity index (χ4n) is 2.05. The lowest BCUT2D eigenvalue weighted by atomic mass is 10.2. The van der Waals surface area contributed by atoms with E-state index in [4.69, 9.17) is 23.2 Å². The second kappa shape index (κ2) is 8.53. The number of anilines is 1. The van der Waals surface area contributed by atoms with E-state index in [0.29, 0.717) is 21.3 Å². The Morgan fingerprint density at radius 1 is 1.15 bits per heavy atom. The number of hydrogen-bond acceptors (Lipinski definition) is 4. The minimum Gasteiger partial charge on any atom is -0.271 e. The Kier molecular flexibility index (Phi) is 6.63. The predicted molar refractivity (Wildman–Crippen MR) is 106 cm³/mol. The van der Waals surface area contributed by atoms with Crippen molar-refractivity contribution in [2.45, 2.75) is 6.92 Å². The molecule has 2 aromatic carbocycles. The highest BCUT2D eigenvalue weighted by Crippen LogP contribution is 2.21. The van der Waals surface area contributed by atoms with E-state index in [1.165, 1.54) is 6.21 Å². The molecule has 9 heteroatoms. The van der Waals surface area contributed by atoms with Gasteiger partial charge in [0.15, 0.2) is 0 Å². The highest BCUT2D eigenvalue weighted by molar-refractivity contribution is 7.92. The fraction of sp³-hybridized carbons (Fsp3) is 0.176. The maximum absolute atomic E-state index is 12.1. The number of nitrogens with zero attached hydrogens (tertiary/aromatic N) is 2. The largest absolute Gasteiger partial charge is 0.271 e. The zero-order chi connectivity index (χ0) is 19.3. The summed E-state index contributed by atoms with van der Waals surface area (Å²) in [4.78, 5) is 12.1. The molecule has 6 nitrogen and oxygen atoms in total. The molecule has 26 heavy (non-hydrogen) atoms. The molecule has 138 valence electrons. The Hall–Kier alpha value is -2.09. The van der Waals surface area contributed by atoms with Crippen LogP contribution in [0.4, 0.5) is 5.69 Å². The second-order valence-corrected chi connectivity index (χ2v) is 8.29. The number of aryl methyl sites for hydroxylation is 1. The number of carbonyl (C=O) groups is 1. The molecule has 0 radical (unpaired) electrons. The number of benzene rings is 2. The van der Waals surface area contributed by atoms with Crippen molar-refractivity contribution in [3.05, 3.63) is 63.6 Å². The molecule has 1 N–H and O–H groups in total. The van der Waals surface area contributed by atoms with Gasteiger partial charge in [0.25, 0.3) is 5.91 Å². The number of hydrazone groups is 1. The monoisotopic (exact) mass is 413 g/mol. The van der Waals surface area contributed by atoms with Gasteiger partial charge in [0.2, 0.25) is 10.0 Å². The van der Waals surface area contributed by atoms with Gasteiger partial charge in [-0.2, -0.15) is 5.10 Å². The zero-order valence-electron chi connectivity index (χ0n) is 14.1. The third-order valence-corrected chi connectivity index (χ3v) is 5.24. The van der Waals surface area contributed by atoms with Crippen LogP contribution >= 0.6 is 23.2 Å². The Labute approximate surface area is 162 Å². The Balaban J connectivity index is 2.06. The molecular formula is C17H17Cl2N3O3S. The van der Waals surface area contributed by atoms with E-state index in [0.717, 1.165) is 16.1 Å². The third kappa shape index (κ3) is 5.72. The Bertz CT molecular complexity index is 929. The van der Waals surface area contributed by atoms with Gasteiger partial charge in [-0.3, -0.25) is 9.10 Å². The molecule has 2 rings (SSSR count). The van der Waals surface area contributed by atoms with Crippen molar-refractivity contribution in [1.29, 1.82) is 0 Å². The van der Waals surface area contributed by atoms with E-state index in [-0.39, 0.29) is 6.54 Å². The average Bonchev–Trinajstić information content (AvgIpc) is 2.56. The standard InChI is InChI=1S/C17H17Cl2N3O3S/c1-12-3-6-14(7-4-12)22(26(2,24)25)11-17(23)21-20-10-13-5-8-15(18)16(19)9-13/h3-10H,11H2,1-2H3,(H,21,23)/b20-10+. The average molecular weight is 414 g/mol. The molecule has 2 aromatic rings. The molecule has 0 aliphatic heterocycles. The van der Waals surface area contributed by atoms with Gasteiger partial charge < -0.3 is 0 Å². The summed E-state index contributed by atoms with van der Waals surface area (Å²) in [5.74, 6) is -0.577. The van der Waals surface area contributed by atoms with Gasteiger partial charge in [-0.05, 0) is 36.8 Å². The number of halogens is 2. The lowest BCUT2D eigenvalue weighted by Gasteiger charge is -2.21. The van der Waals surface area contributed by atoms with Gasteiger partial charge in [0.1, 0.15) is 6.54 Å². The highest BCUT2D eigenvalue weighted by Gasteiger charge is 2.20. The fourth-order valence-corrected chi connectivity index (χ4v) is 3.21. The molecule has 0 atom stereocenters. The summed E-state index contributed by atoms with van der Waals surface area (Å²) in [5, 5.41) is 4.58. The first-order chi connectivity index (χ1) is 12.2. The van der Waals surface area contributed by atoms with Gasteiger partial charge in [0.05, 0.1) is 28.2 Å². The predicted octanol–water partition coefficient (Wildman–Crippen LogP) is 3.22. The van der Waals surface area contributed by atoms with Gasteiger partial charge in [-0.25, -0.2) is 13.8 Å². The van der Waals surface area contributed by atoms with E-state index >= 15 is 0 Å². The first-order valence-corrected chi connectivity index (χ1v) is 10.1. The summed E-state index contributed by atoms with van der Waals surface area (Å²) in [6.07, 6.45) is 2.43. The molecule has 0 aliphatic rings. The zero-order valence-corrected chi connectivity index (χ0v) is 16.4. The highest BCUT2D eigenvalue weighted by atomic mass is 35.5. The Morgan fingerprint density at radius 2 is 1.81 bits per heavy atom. The minimum atomic E-state index is -3.62. The number of rotatable bonds is 6. The second-order valence-electron chi connectivity index (χ2n) is 5.57. The quantitative estimate of drug-likeness (QED) is 0.583. The molecule has 0 saturated heterocycles. The van der Waals surface area contributed by atoms with Crippen molar-refractivity contribution in [3.63, 3.8) is 0 Å². The molecule has 0 saturated carbocycles. The molecule has 0 aromatic heterocycles. The van der Waals surface area contributed by atoms with Gasteiger partial charge in [0, 0.05) is 0 Å². The first-order valence-electron chi connectivity index (χ1n) is 7.48. The number of hydrogen-bond donors (Lipinski definition) is 1. The minimum absolute atomic E-state index is 0.365. The van der Waals surface area contributed by atoms with Crippen LogP contribution in [0.15, 0.2) is 47.6 Å². The molecule has 0 spiro atoms. The molecular weight excluding hydrogens is 397 g/mol. The molecule has 1 amide bonds. The van der Waals surface area contributed by atoms with E-state index < -0.39 is 15.9 Å². The van der Waals surface area contributed by atoms with Crippen molar-refractivity contribution in [2.24, 2.45) is 5.10 Å². The lowest BCUT2D eigenvalue weighted by Crippen LogP contribution is -2.39. The van der Waals surface area contributed by atoms with Crippen LogP contribution in [-0.4, -0.2) is 33.3 Å². The lowest BCUT2D eigenvalue weighted by molar-refractivity contribution is -0.119. The molecule has 0 unspecified atom stereocenters. The van der Waals surface area contributed by atoms with Crippen molar-refractivity contribution in [2.75, 3.05) is 17.1 Å². The van der Waals surface area contributed by atoms with Crippen LogP contribution in [-0.2, 0) is 14.8 Å². The Morgan fingerprint density at radius 3 is 2.38 bits per heavy atom. The summed E-state index contributed by atoms with van der Waals surface area (Å²) < 4.78 is 25.0. The van der Waals surface area contributed by atoms with Crippen molar-refractivity contribution in [1.82, 2.24) is 5.43 Å². The first kappa shape index (κ1) is 20.2. The van der Waals surface area contributed by atoms with Crippen LogP contribution in [0.25, 0.3) is 0 Å². The van der Waals surface area contributed by atoms with Gasteiger partial charge in [-0.15, -0.1) is 0 Å². The van der Waals surface area contributed by atoms with Crippen LogP contribution in [0.5, 0.6) is 0 Å². The van der Waals surface area contributed by atoms with Crippen molar-refractivity contribution >= 4 is 51.0 Å². The summed E-state index contributed by atoms with van der Waals surface area (Å²) in [6, 6.07) is 11.7. The van der Waals surface area contributed by atoms with Crippen LogP contribution in [0.1, 0.15) is 11.1 Å². The topological polar surface area (TPSA) is 78.8 Å². The summed E-state index contributed by atoms with van der Waals surface area (Å²) in [7, 11) is -3.62. The van der Waals surface area contributed by atoms with Crippen LogP contribution < -0.4 is 9.73 Å².